The molecule has 0 bridgehead atoms. The molecular weight excluding hydrogens is 388 g/mol. The normalized spacial score (nSPS) is 12.1. The second kappa shape index (κ2) is 6.93. The van der Waals surface area contributed by atoms with Crippen LogP contribution in [-0.4, -0.2) is 32.6 Å². The third-order valence-corrected chi connectivity index (χ3v) is 5.91. The van der Waals surface area contributed by atoms with Crippen LogP contribution in [0.4, 0.5) is 0 Å². The minimum Gasteiger partial charge on any atom is -0.435 e. The zero-order valence-corrected chi connectivity index (χ0v) is 16.0. The van der Waals surface area contributed by atoms with Gasteiger partial charge in [-0.2, -0.15) is 8.42 Å². The minimum atomic E-state index is -3.99. The molecule has 2 aromatic heterocycles. The smallest absolute Gasteiger partial charge is 0.300 e. The number of hydrogen-bond donors (Lipinski definition) is 0. The summed E-state index contributed by atoms with van der Waals surface area (Å²) in [5, 5.41) is 1.46. The lowest BCUT2D eigenvalue weighted by Gasteiger charge is -2.06. The van der Waals surface area contributed by atoms with Gasteiger partial charge in [-0.3, -0.25) is 9.17 Å². The maximum Gasteiger partial charge on any atom is 0.300 e. The van der Waals surface area contributed by atoms with Gasteiger partial charge in [-0.05, 0) is 35.7 Å². The number of aromatic nitrogens is 2. The van der Waals surface area contributed by atoms with Crippen molar-refractivity contribution in [2.45, 2.75) is 9.79 Å². The average molecular weight is 402 g/mol. The first-order chi connectivity index (χ1) is 13.0. The number of nitrogens with zero attached hydrogens (tertiary/aromatic N) is 2. The van der Waals surface area contributed by atoms with Gasteiger partial charge in [0.25, 0.3) is 0 Å². The Morgan fingerprint density at radius 1 is 1.07 bits per heavy atom. The molecule has 2 aromatic carbocycles. The van der Waals surface area contributed by atoms with Gasteiger partial charge in [-0.1, -0.05) is 6.07 Å². The van der Waals surface area contributed by atoms with Crippen LogP contribution in [0.1, 0.15) is 0 Å². The van der Waals surface area contributed by atoms with Crippen molar-refractivity contribution in [3.05, 3.63) is 48.8 Å². The summed E-state index contributed by atoms with van der Waals surface area (Å²) in [6.45, 7) is 0. The molecule has 2 heterocycles. The molecule has 0 aliphatic heterocycles. The van der Waals surface area contributed by atoms with Gasteiger partial charge in [0.2, 0.25) is 5.89 Å². The molecule has 0 unspecified atom stereocenters. The van der Waals surface area contributed by atoms with Crippen LogP contribution in [0.25, 0.3) is 33.3 Å². The van der Waals surface area contributed by atoms with Gasteiger partial charge < -0.3 is 8.60 Å². The third-order valence-electron chi connectivity index (χ3n) is 4.01. The number of pyridine rings is 1. The van der Waals surface area contributed by atoms with Crippen LogP contribution < -0.4 is 0 Å². The van der Waals surface area contributed by atoms with E-state index in [1.54, 1.807) is 31.6 Å². The van der Waals surface area contributed by atoms with Crippen LogP contribution >= 0.6 is 12.0 Å². The van der Waals surface area contributed by atoms with Crippen molar-refractivity contribution in [3.63, 3.8) is 0 Å². The monoisotopic (exact) mass is 402 g/mol. The molecule has 0 aliphatic carbocycles. The van der Waals surface area contributed by atoms with Crippen LogP contribution in [0, 0.1) is 0 Å². The molecule has 0 radical (unpaired) electrons. The van der Waals surface area contributed by atoms with Crippen molar-refractivity contribution in [2.24, 2.45) is 0 Å². The summed E-state index contributed by atoms with van der Waals surface area (Å²) in [7, 11) is -1.31. The predicted octanol–water partition coefficient (Wildman–Crippen LogP) is 4.03. The van der Waals surface area contributed by atoms with E-state index in [-0.39, 0.29) is 10.5 Å². The van der Waals surface area contributed by atoms with Crippen LogP contribution in [0.2, 0.25) is 0 Å². The molecule has 0 fully saturated rings. The molecule has 27 heavy (non-hydrogen) atoms. The Morgan fingerprint density at radius 3 is 2.56 bits per heavy atom. The summed E-state index contributed by atoms with van der Waals surface area (Å²) in [5.74, 6) is 0.308. The van der Waals surface area contributed by atoms with Crippen molar-refractivity contribution < 1.29 is 21.2 Å². The quantitative estimate of drug-likeness (QED) is 0.365. The van der Waals surface area contributed by atoms with Gasteiger partial charge in [-0.15, -0.1) is 0 Å². The Kier molecular flexibility index (Phi) is 4.60. The molecule has 0 spiro atoms. The van der Waals surface area contributed by atoms with Gasteiger partial charge >= 0.3 is 10.1 Å². The highest BCUT2D eigenvalue weighted by molar-refractivity contribution is 7.94. The fourth-order valence-electron chi connectivity index (χ4n) is 2.79. The van der Waals surface area contributed by atoms with Gasteiger partial charge in [0.15, 0.2) is 5.58 Å². The molecule has 0 amide bonds. The maximum atomic E-state index is 12.5. The SMILES string of the molecule is COSc1ccc2c(c1)cc(S(=O)(=O)OC)c1oc(-c3ccncc3)nc12. The summed E-state index contributed by atoms with van der Waals surface area (Å²) >= 11 is 1.19. The average Bonchev–Trinajstić information content (AvgIpc) is 3.13. The number of rotatable bonds is 5. The second-order valence-corrected chi connectivity index (χ2v) is 8.21. The van der Waals surface area contributed by atoms with E-state index in [0.717, 1.165) is 17.4 Å². The van der Waals surface area contributed by atoms with Crippen molar-refractivity contribution in [3.8, 4) is 11.5 Å². The lowest BCUT2D eigenvalue weighted by atomic mass is 10.1. The fraction of sp³-hybridized carbons (Fsp3) is 0.111. The highest BCUT2D eigenvalue weighted by atomic mass is 32.2. The minimum absolute atomic E-state index is 0.0696. The molecule has 0 saturated heterocycles. The summed E-state index contributed by atoms with van der Waals surface area (Å²) < 4.78 is 40.6. The molecule has 0 aliphatic rings. The van der Waals surface area contributed by atoms with E-state index in [0.29, 0.717) is 22.4 Å². The summed E-state index contributed by atoms with van der Waals surface area (Å²) in [6, 6.07) is 10.6. The fourth-order valence-corrected chi connectivity index (χ4v) is 4.10. The van der Waals surface area contributed by atoms with Crippen molar-refractivity contribution in [1.82, 2.24) is 9.97 Å². The lowest BCUT2D eigenvalue weighted by molar-refractivity contribution is 0.397. The highest BCUT2D eigenvalue weighted by Gasteiger charge is 2.24. The summed E-state index contributed by atoms with van der Waals surface area (Å²) in [6.07, 6.45) is 3.23. The largest absolute Gasteiger partial charge is 0.435 e. The van der Waals surface area contributed by atoms with E-state index in [4.69, 9.17) is 12.8 Å². The first kappa shape index (κ1) is 17.9. The van der Waals surface area contributed by atoms with E-state index >= 15 is 0 Å². The molecule has 9 heteroatoms. The zero-order chi connectivity index (χ0) is 19.0. The first-order valence-electron chi connectivity index (χ1n) is 7.82. The Labute approximate surface area is 159 Å². The number of benzene rings is 2. The summed E-state index contributed by atoms with van der Waals surface area (Å²) in [4.78, 5) is 9.28. The van der Waals surface area contributed by atoms with E-state index in [1.807, 2.05) is 18.2 Å². The molecule has 138 valence electrons. The maximum absolute atomic E-state index is 12.5. The van der Waals surface area contributed by atoms with E-state index in [2.05, 4.69) is 9.97 Å². The van der Waals surface area contributed by atoms with Crippen LogP contribution in [0.15, 0.2) is 63.0 Å². The van der Waals surface area contributed by atoms with Gasteiger partial charge in [0.05, 0.1) is 14.2 Å². The first-order valence-corrected chi connectivity index (χ1v) is 9.97. The highest BCUT2D eigenvalue weighted by Crippen LogP contribution is 2.36. The van der Waals surface area contributed by atoms with E-state index in [9.17, 15) is 8.42 Å². The van der Waals surface area contributed by atoms with E-state index in [1.165, 1.54) is 18.1 Å². The number of oxazole rings is 1. The van der Waals surface area contributed by atoms with Gasteiger partial charge in [0.1, 0.15) is 10.4 Å². The van der Waals surface area contributed by atoms with Gasteiger partial charge in [-0.25, -0.2) is 4.98 Å². The van der Waals surface area contributed by atoms with E-state index < -0.39 is 10.1 Å². The number of fused-ring (bicyclic) bond motifs is 3. The second-order valence-electron chi connectivity index (χ2n) is 5.56. The lowest BCUT2D eigenvalue weighted by Crippen LogP contribution is -2.03. The number of hydrogen-bond acceptors (Lipinski definition) is 8. The topological polar surface area (TPSA) is 91.5 Å². The Morgan fingerprint density at radius 2 is 1.85 bits per heavy atom. The molecule has 4 aromatic rings. The van der Waals surface area contributed by atoms with Gasteiger partial charge in [0, 0.05) is 40.3 Å². The molecule has 4 rings (SSSR count). The Balaban J connectivity index is 2.07. The van der Waals surface area contributed by atoms with Crippen LogP contribution in [0.3, 0.4) is 0 Å². The standard InChI is InChI=1S/C18H14N2O5S2/c1-23-26-13-3-4-14-12(9-13)10-15(27(21,22)24-2)17-16(14)20-18(25-17)11-5-7-19-8-6-11/h3-10H,1-2H3. The molecule has 7 nitrogen and oxygen atoms in total. The Hall–Kier alpha value is -2.46. The zero-order valence-electron chi connectivity index (χ0n) is 14.4. The third kappa shape index (κ3) is 3.19. The van der Waals surface area contributed by atoms with Crippen molar-refractivity contribution >= 4 is 44.0 Å². The molecule has 0 atom stereocenters. The summed E-state index contributed by atoms with van der Waals surface area (Å²) in [5.41, 5.74) is 1.30. The van der Waals surface area contributed by atoms with Crippen molar-refractivity contribution in [2.75, 3.05) is 14.2 Å². The van der Waals surface area contributed by atoms with Crippen LogP contribution in [-0.2, 0) is 18.5 Å². The molecule has 0 saturated carbocycles. The predicted molar refractivity (Wildman–Crippen MR) is 102 cm³/mol. The van der Waals surface area contributed by atoms with Crippen molar-refractivity contribution in [1.29, 1.82) is 0 Å². The molecule has 0 N–H and O–H groups in total. The molecular formula is C18H14N2O5S2. The van der Waals surface area contributed by atoms with Crippen LogP contribution in [0.5, 0.6) is 0 Å². The Bertz CT molecular complexity index is 1240.